The molecule has 2 saturated heterocycles. The highest BCUT2D eigenvalue weighted by molar-refractivity contribution is 5.99. The Morgan fingerprint density at radius 1 is 1.04 bits per heavy atom. The lowest BCUT2D eigenvalue weighted by Gasteiger charge is -2.21. The zero-order valence-corrected chi connectivity index (χ0v) is 13.6. The molecule has 4 rings (SSSR count). The lowest BCUT2D eigenvalue weighted by Crippen LogP contribution is -2.36. The number of aryl methyl sites for hydroxylation is 1. The lowest BCUT2D eigenvalue weighted by molar-refractivity contribution is -0.120. The highest BCUT2D eigenvalue weighted by Gasteiger charge is 2.47. The van der Waals surface area contributed by atoms with Gasteiger partial charge in [-0.2, -0.15) is 0 Å². The number of benzene rings is 1. The Morgan fingerprint density at radius 3 is 2.54 bits per heavy atom. The fourth-order valence-electron chi connectivity index (χ4n) is 3.69. The van der Waals surface area contributed by atoms with Gasteiger partial charge in [-0.3, -0.25) is 9.59 Å². The smallest absolute Gasteiger partial charge is 0.272 e. The van der Waals surface area contributed by atoms with Crippen molar-refractivity contribution in [3.05, 3.63) is 59.9 Å². The number of carbonyl (C=O) groups excluding carboxylic acids is 2. The van der Waals surface area contributed by atoms with Crippen LogP contribution in [0.5, 0.6) is 0 Å². The Balaban J connectivity index is 1.49. The fraction of sp³-hybridized carbons (Fsp3) is 0.316. The molecule has 3 heterocycles. The fourth-order valence-corrected chi connectivity index (χ4v) is 3.69. The average Bonchev–Trinajstić information content (AvgIpc) is 3.15. The quantitative estimate of drug-likeness (QED) is 0.851. The molecule has 5 nitrogen and oxygen atoms in total. The molecule has 122 valence electrons. The third-order valence-electron chi connectivity index (χ3n) is 4.90. The van der Waals surface area contributed by atoms with Gasteiger partial charge in [0.15, 0.2) is 0 Å². The third-order valence-corrected chi connectivity index (χ3v) is 4.90. The third kappa shape index (κ3) is 2.46. The molecule has 2 atom stereocenters. The summed E-state index contributed by atoms with van der Waals surface area (Å²) in [5.41, 5.74) is 2.23. The number of likely N-dealkylation sites (tertiary alicyclic amines) is 1. The molecule has 2 fully saturated rings. The van der Waals surface area contributed by atoms with E-state index in [2.05, 4.69) is 4.98 Å². The number of anilines is 1. The number of para-hydroxylation sites is 1. The second kappa shape index (κ2) is 5.74. The molecule has 0 radical (unpaired) electrons. The zero-order valence-electron chi connectivity index (χ0n) is 13.6. The predicted molar refractivity (Wildman–Crippen MR) is 90.7 cm³/mol. The van der Waals surface area contributed by atoms with Crippen LogP contribution in [0.3, 0.4) is 0 Å². The second-order valence-corrected chi connectivity index (χ2v) is 6.53. The number of rotatable bonds is 2. The van der Waals surface area contributed by atoms with E-state index in [0.29, 0.717) is 25.3 Å². The van der Waals surface area contributed by atoms with Crippen LogP contribution in [0.1, 0.15) is 16.2 Å². The minimum Gasteiger partial charge on any atom is -0.336 e. The summed E-state index contributed by atoms with van der Waals surface area (Å²) in [7, 11) is 0. The van der Waals surface area contributed by atoms with E-state index in [4.69, 9.17) is 0 Å². The molecular formula is C19H19N3O2. The summed E-state index contributed by atoms with van der Waals surface area (Å²) in [5, 5.41) is 0. The van der Waals surface area contributed by atoms with Crippen molar-refractivity contribution >= 4 is 17.5 Å². The maximum atomic E-state index is 12.7. The van der Waals surface area contributed by atoms with Crippen LogP contribution in [0.15, 0.2) is 48.5 Å². The van der Waals surface area contributed by atoms with E-state index >= 15 is 0 Å². The SMILES string of the molecule is Cc1cccc(C(=O)N2C[C@H]3CN(c4ccccc4)C(=O)[C@H]3C2)n1. The molecule has 0 saturated carbocycles. The molecule has 2 amide bonds. The van der Waals surface area contributed by atoms with Crippen LogP contribution in [-0.4, -0.2) is 41.3 Å². The van der Waals surface area contributed by atoms with Gasteiger partial charge in [-0.1, -0.05) is 24.3 Å². The maximum absolute atomic E-state index is 12.7. The maximum Gasteiger partial charge on any atom is 0.272 e. The van der Waals surface area contributed by atoms with E-state index in [-0.39, 0.29) is 23.7 Å². The van der Waals surface area contributed by atoms with E-state index in [9.17, 15) is 9.59 Å². The van der Waals surface area contributed by atoms with Gasteiger partial charge in [-0.15, -0.1) is 0 Å². The molecule has 2 aliphatic rings. The summed E-state index contributed by atoms with van der Waals surface area (Å²) in [5.74, 6) is 0.149. The summed E-state index contributed by atoms with van der Waals surface area (Å²) in [6.07, 6.45) is 0. The Labute approximate surface area is 140 Å². The van der Waals surface area contributed by atoms with Crippen LogP contribution in [0.4, 0.5) is 5.69 Å². The topological polar surface area (TPSA) is 53.5 Å². The Hall–Kier alpha value is -2.69. The van der Waals surface area contributed by atoms with E-state index < -0.39 is 0 Å². The molecule has 0 N–H and O–H groups in total. The molecule has 2 aliphatic heterocycles. The van der Waals surface area contributed by atoms with Crippen molar-refractivity contribution in [1.29, 1.82) is 0 Å². The summed E-state index contributed by atoms with van der Waals surface area (Å²) in [6, 6.07) is 15.2. The Bertz CT molecular complexity index is 790. The summed E-state index contributed by atoms with van der Waals surface area (Å²) < 4.78 is 0. The molecule has 24 heavy (non-hydrogen) atoms. The zero-order chi connectivity index (χ0) is 16.7. The Kier molecular flexibility index (Phi) is 3.56. The van der Waals surface area contributed by atoms with Gasteiger partial charge in [0.05, 0.1) is 5.92 Å². The molecule has 0 aliphatic carbocycles. The standard InChI is InChI=1S/C19H19N3O2/c1-13-6-5-9-17(20-13)19(24)21-10-14-11-22(18(23)16(14)12-21)15-7-3-2-4-8-15/h2-9,14,16H,10-12H2,1H3/t14-,16-/m0/s1. The first-order valence-electron chi connectivity index (χ1n) is 8.23. The van der Waals surface area contributed by atoms with Gasteiger partial charge in [0.25, 0.3) is 5.91 Å². The van der Waals surface area contributed by atoms with Crippen LogP contribution in [-0.2, 0) is 4.79 Å². The van der Waals surface area contributed by atoms with Crippen LogP contribution in [0.2, 0.25) is 0 Å². The van der Waals surface area contributed by atoms with E-state index in [0.717, 1.165) is 11.4 Å². The number of fused-ring (bicyclic) bond motifs is 1. The van der Waals surface area contributed by atoms with E-state index in [1.807, 2.05) is 54.3 Å². The summed E-state index contributed by atoms with van der Waals surface area (Å²) in [4.78, 5) is 33.3. The number of amides is 2. The van der Waals surface area contributed by atoms with Gasteiger partial charge in [0, 0.05) is 36.9 Å². The van der Waals surface area contributed by atoms with Crippen molar-refractivity contribution in [1.82, 2.24) is 9.88 Å². The number of hydrogen-bond acceptors (Lipinski definition) is 3. The molecule has 1 aromatic heterocycles. The normalized spacial score (nSPS) is 22.8. The largest absolute Gasteiger partial charge is 0.336 e. The second-order valence-electron chi connectivity index (χ2n) is 6.53. The van der Waals surface area contributed by atoms with Gasteiger partial charge in [0.1, 0.15) is 5.69 Å². The van der Waals surface area contributed by atoms with Gasteiger partial charge < -0.3 is 9.80 Å². The monoisotopic (exact) mass is 321 g/mol. The average molecular weight is 321 g/mol. The molecular weight excluding hydrogens is 302 g/mol. The lowest BCUT2D eigenvalue weighted by atomic mass is 10.0. The predicted octanol–water partition coefficient (Wildman–Crippen LogP) is 2.13. The van der Waals surface area contributed by atoms with Crippen molar-refractivity contribution < 1.29 is 9.59 Å². The number of nitrogens with zero attached hydrogens (tertiary/aromatic N) is 3. The van der Waals surface area contributed by atoms with Crippen LogP contribution in [0.25, 0.3) is 0 Å². The first-order chi connectivity index (χ1) is 11.6. The van der Waals surface area contributed by atoms with Gasteiger partial charge in [0.2, 0.25) is 5.91 Å². The van der Waals surface area contributed by atoms with Crippen molar-refractivity contribution in [2.45, 2.75) is 6.92 Å². The number of hydrogen-bond donors (Lipinski definition) is 0. The molecule has 0 unspecified atom stereocenters. The molecule has 2 aromatic rings. The van der Waals surface area contributed by atoms with Crippen LogP contribution >= 0.6 is 0 Å². The van der Waals surface area contributed by atoms with Crippen LogP contribution in [0, 0.1) is 18.8 Å². The molecule has 5 heteroatoms. The minimum atomic E-state index is -0.0982. The molecule has 0 spiro atoms. The highest BCUT2D eigenvalue weighted by atomic mass is 16.2. The Morgan fingerprint density at radius 2 is 1.83 bits per heavy atom. The van der Waals surface area contributed by atoms with E-state index in [1.54, 1.807) is 11.0 Å². The van der Waals surface area contributed by atoms with Crippen molar-refractivity contribution in [2.24, 2.45) is 11.8 Å². The van der Waals surface area contributed by atoms with Crippen molar-refractivity contribution in [3.8, 4) is 0 Å². The summed E-state index contributed by atoms with van der Waals surface area (Å²) >= 11 is 0. The van der Waals surface area contributed by atoms with Gasteiger partial charge >= 0.3 is 0 Å². The summed E-state index contributed by atoms with van der Waals surface area (Å²) in [6.45, 7) is 3.66. The van der Waals surface area contributed by atoms with Gasteiger partial charge in [-0.05, 0) is 31.2 Å². The number of pyridine rings is 1. The van der Waals surface area contributed by atoms with Gasteiger partial charge in [-0.25, -0.2) is 4.98 Å². The van der Waals surface area contributed by atoms with E-state index in [1.165, 1.54) is 0 Å². The van der Waals surface area contributed by atoms with Crippen LogP contribution < -0.4 is 4.90 Å². The highest BCUT2D eigenvalue weighted by Crippen LogP contribution is 2.35. The molecule has 0 bridgehead atoms. The first-order valence-corrected chi connectivity index (χ1v) is 8.23. The first kappa shape index (κ1) is 14.9. The van der Waals surface area contributed by atoms with Crippen molar-refractivity contribution in [3.63, 3.8) is 0 Å². The molecule has 1 aromatic carbocycles. The minimum absolute atomic E-state index is 0.0767. The number of aromatic nitrogens is 1. The number of carbonyl (C=O) groups is 2. The van der Waals surface area contributed by atoms with Crippen molar-refractivity contribution in [2.75, 3.05) is 24.5 Å².